The number of aromatic nitrogens is 1. The van der Waals surface area contributed by atoms with Gasteiger partial charge in [0.05, 0.1) is 17.8 Å². The van der Waals surface area contributed by atoms with Crippen molar-refractivity contribution in [3.05, 3.63) is 76.0 Å². The fourth-order valence-corrected chi connectivity index (χ4v) is 5.71. The van der Waals surface area contributed by atoms with Gasteiger partial charge in [0.15, 0.2) is 0 Å². The van der Waals surface area contributed by atoms with Crippen molar-refractivity contribution in [1.29, 1.82) is 0 Å². The van der Waals surface area contributed by atoms with Gasteiger partial charge in [0.2, 0.25) is 5.88 Å². The van der Waals surface area contributed by atoms with Gasteiger partial charge < -0.3 is 19.7 Å². The quantitative estimate of drug-likeness (QED) is 0.325. The first-order chi connectivity index (χ1) is 18.1. The van der Waals surface area contributed by atoms with Crippen LogP contribution in [0.3, 0.4) is 0 Å². The van der Waals surface area contributed by atoms with Gasteiger partial charge in [-0.3, -0.25) is 0 Å². The number of fused-ring (bicyclic) bond motifs is 1. The summed E-state index contributed by atoms with van der Waals surface area (Å²) in [5, 5.41) is 21.0. The molecular formula is C32H39F2NO4. The Balaban J connectivity index is 1.55. The van der Waals surface area contributed by atoms with Crippen molar-refractivity contribution in [1.82, 2.24) is 4.98 Å². The van der Waals surface area contributed by atoms with Crippen molar-refractivity contribution >= 4 is 0 Å². The Hall–Kier alpha value is -3.03. The average Bonchev–Trinajstić information content (AvgIpc) is 3.16. The molecule has 0 fully saturated rings. The molecule has 0 amide bonds. The van der Waals surface area contributed by atoms with E-state index >= 15 is 4.39 Å². The Morgan fingerprint density at radius 2 is 1.51 bits per heavy atom. The maximum Gasteiger partial charge on any atom is 0.213 e. The van der Waals surface area contributed by atoms with Crippen molar-refractivity contribution in [3.8, 4) is 22.8 Å². The highest BCUT2D eigenvalue weighted by Gasteiger charge is 2.39. The van der Waals surface area contributed by atoms with Crippen molar-refractivity contribution in [3.63, 3.8) is 0 Å². The predicted molar refractivity (Wildman–Crippen MR) is 148 cm³/mol. The molecule has 2 N–H and O–H groups in total. The number of pyridine rings is 1. The highest BCUT2D eigenvalue weighted by atomic mass is 19.1. The van der Waals surface area contributed by atoms with E-state index in [1.54, 1.807) is 39.8 Å². The van der Waals surface area contributed by atoms with Gasteiger partial charge in [-0.1, -0.05) is 6.92 Å². The van der Waals surface area contributed by atoms with Gasteiger partial charge in [-0.15, -0.1) is 0 Å². The summed E-state index contributed by atoms with van der Waals surface area (Å²) in [5.74, 6) is -0.351. The van der Waals surface area contributed by atoms with E-state index in [4.69, 9.17) is 9.47 Å². The van der Waals surface area contributed by atoms with E-state index in [1.165, 1.54) is 17.2 Å². The summed E-state index contributed by atoms with van der Waals surface area (Å²) >= 11 is 0. The third-order valence-electron chi connectivity index (χ3n) is 7.60. The molecule has 1 aromatic heterocycles. The summed E-state index contributed by atoms with van der Waals surface area (Å²) in [6, 6.07) is 7.86. The first kappa shape index (κ1) is 29.0. The van der Waals surface area contributed by atoms with E-state index in [0.29, 0.717) is 23.1 Å². The maximum atomic E-state index is 15.1. The van der Waals surface area contributed by atoms with E-state index in [0.717, 1.165) is 30.0 Å². The lowest BCUT2D eigenvalue weighted by Crippen LogP contribution is -2.48. The molecule has 3 aromatic rings. The minimum atomic E-state index is -1.16. The van der Waals surface area contributed by atoms with Gasteiger partial charge in [-0.05, 0) is 106 Å². The Labute approximate surface area is 229 Å². The molecule has 0 saturated heterocycles. The summed E-state index contributed by atoms with van der Waals surface area (Å²) in [6.07, 6.45) is 3.79. The van der Waals surface area contributed by atoms with Crippen LogP contribution in [0.2, 0.25) is 0 Å². The molecule has 2 aromatic carbocycles. The van der Waals surface area contributed by atoms with E-state index in [9.17, 15) is 14.6 Å². The smallest absolute Gasteiger partial charge is 0.213 e. The van der Waals surface area contributed by atoms with Crippen LogP contribution in [0, 0.1) is 37.3 Å². The number of aliphatic hydroxyl groups is 2. The second-order valence-electron chi connectivity index (χ2n) is 12.1. The topological polar surface area (TPSA) is 71.8 Å². The van der Waals surface area contributed by atoms with Gasteiger partial charge in [0.1, 0.15) is 24.0 Å². The lowest BCUT2D eigenvalue weighted by molar-refractivity contribution is -0.105. The zero-order chi connectivity index (χ0) is 28.7. The zero-order valence-electron chi connectivity index (χ0n) is 23.9. The second kappa shape index (κ2) is 10.9. The molecule has 1 aliphatic rings. The SMILES string of the molecule is Cc1cc(OCC(C(C)(C)O)C(C)(C)O)cc(C)c1-c1cc(COc2cc3c(cn2)CC(C)C3)c(F)cc1F. The van der Waals surface area contributed by atoms with Gasteiger partial charge in [0.25, 0.3) is 0 Å². The van der Waals surface area contributed by atoms with Gasteiger partial charge >= 0.3 is 0 Å². The number of nitrogens with zero attached hydrogens (tertiary/aromatic N) is 1. The Morgan fingerprint density at radius 1 is 0.897 bits per heavy atom. The molecule has 5 nitrogen and oxygen atoms in total. The number of benzene rings is 2. The molecule has 1 aliphatic carbocycles. The van der Waals surface area contributed by atoms with Crippen molar-refractivity contribution < 1.29 is 28.5 Å². The van der Waals surface area contributed by atoms with Crippen molar-refractivity contribution in [2.45, 2.75) is 79.1 Å². The van der Waals surface area contributed by atoms with Gasteiger partial charge in [-0.25, -0.2) is 13.8 Å². The molecule has 0 saturated carbocycles. The number of hydrogen-bond acceptors (Lipinski definition) is 5. The summed E-state index contributed by atoms with van der Waals surface area (Å²) in [4.78, 5) is 4.36. The molecule has 39 heavy (non-hydrogen) atoms. The maximum absolute atomic E-state index is 15.1. The Morgan fingerprint density at radius 3 is 2.13 bits per heavy atom. The number of halogens is 2. The van der Waals surface area contributed by atoms with Crippen LogP contribution in [0.25, 0.3) is 11.1 Å². The van der Waals surface area contributed by atoms with E-state index in [1.807, 2.05) is 26.1 Å². The highest BCUT2D eigenvalue weighted by molar-refractivity contribution is 5.73. The molecule has 4 rings (SSSR count). The standard InChI is InChI=1S/C32H39F2NO4/c1-18-8-21-13-29(35-15-22(21)9-18)39-16-23-12-25(27(34)14-26(23)33)30-19(2)10-24(11-20(30)3)38-17-28(31(4,5)36)32(6,7)37/h10-15,18,28,36-37H,8-9,16-17H2,1-7H3. The minimum absolute atomic E-state index is 0.0744. The second-order valence-corrected chi connectivity index (χ2v) is 12.1. The summed E-state index contributed by atoms with van der Waals surface area (Å²) in [5.41, 5.74) is 2.76. The minimum Gasteiger partial charge on any atom is -0.493 e. The predicted octanol–water partition coefficient (Wildman–Crippen LogP) is 6.49. The van der Waals surface area contributed by atoms with Gasteiger partial charge in [-0.2, -0.15) is 0 Å². The lowest BCUT2D eigenvalue weighted by atomic mass is 9.79. The first-order valence-electron chi connectivity index (χ1n) is 13.4. The largest absolute Gasteiger partial charge is 0.493 e. The lowest BCUT2D eigenvalue weighted by Gasteiger charge is -2.37. The molecule has 0 bridgehead atoms. The molecule has 0 aliphatic heterocycles. The Bertz CT molecular complexity index is 1320. The van der Waals surface area contributed by atoms with Crippen LogP contribution in [-0.2, 0) is 19.4 Å². The third kappa shape index (κ3) is 6.59. The molecule has 1 unspecified atom stereocenters. The first-order valence-corrected chi connectivity index (χ1v) is 13.4. The van der Waals surface area contributed by atoms with Crippen LogP contribution in [0.5, 0.6) is 11.6 Å². The molecule has 7 heteroatoms. The fourth-order valence-electron chi connectivity index (χ4n) is 5.71. The van der Waals surface area contributed by atoms with Crippen LogP contribution in [0.1, 0.15) is 62.4 Å². The number of hydrogen-bond donors (Lipinski definition) is 2. The molecule has 1 atom stereocenters. The average molecular weight is 540 g/mol. The number of ether oxygens (including phenoxy) is 2. The normalized spacial score (nSPS) is 15.5. The molecule has 0 radical (unpaired) electrons. The van der Waals surface area contributed by atoms with Gasteiger partial charge in [0, 0.05) is 35.4 Å². The summed E-state index contributed by atoms with van der Waals surface area (Å²) in [6.45, 7) is 12.4. The zero-order valence-corrected chi connectivity index (χ0v) is 23.9. The van der Waals surface area contributed by atoms with Crippen molar-refractivity contribution in [2.75, 3.05) is 6.61 Å². The van der Waals surface area contributed by atoms with E-state index in [-0.39, 0.29) is 24.3 Å². The van der Waals surface area contributed by atoms with E-state index in [2.05, 4.69) is 11.9 Å². The van der Waals surface area contributed by atoms with Crippen molar-refractivity contribution in [2.24, 2.45) is 11.8 Å². The highest BCUT2D eigenvalue weighted by Crippen LogP contribution is 2.36. The number of aryl methyl sites for hydroxylation is 2. The Kier molecular flexibility index (Phi) is 8.06. The third-order valence-corrected chi connectivity index (χ3v) is 7.60. The van der Waals surface area contributed by atoms with E-state index < -0.39 is 28.8 Å². The molecule has 0 spiro atoms. The van der Waals surface area contributed by atoms with Crippen LogP contribution in [0.4, 0.5) is 8.78 Å². The van der Waals surface area contributed by atoms with Crippen LogP contribution >= 0.6 is 0 Å². The molecule has 1 heterocycles. The number of rotatable bonds is 9. The summed E-state index contributed by atoms with van der Waals surface area (Å²) < 4.78 is 41.6. The van der Waals surface area contributed by atoms with Crippen LogP contribution in [-0.4, -0.2) is 33.0 Å². The molecular weight excluding hydrogens is 500 g/mol. The van der Waals surface area contributed by atoms with Crippen LogP contribution < -0.4 is 9.47 Å². The van der Waals surface area contributed by atoms with Crippen LogP contribution in [0.15, 0.2) is 36.5 Å². The monoisotopic (exact) mass is 539 g/mol. The fraction of sp³-hybridized carbons (Fsp3) is 0.469. The summed E-state index contributed by atoms with van der Waals surface area (Å²) in [7, 11) is 0. The molecule has 210 valence electrons.